The number of rotatable bonds is 4. The van der Waals surface area contributed by atoms with E-state index in [2.05, 4.69) is 16.6 Å². The lowest BCUT2D eigenvalue weighted by molar-refractivity contribution is -0.144. The Labute approximate surface area is 86.9 Å². The van der Waals surface area contributed by atoms with E-state index in [1.807, 2.05) is 0 Å². The van der Waals surface area contributed by atoms with Crippen LogP contribution in [0.1, 0.15) is 6.42 Å². The number of amides is 1. The van der Waals surface area contributed by atoms with Crippen LogP contribution in [0.4, 0.5) is 4.79 Å². The van der Waals surface area contributed by atoms with Crippen LogP contribution in [0.2, 0.25) is 0 Å². The summed E-state index contributed by atoms with van der Waals surface area (Å²) >= 11 is 0. The zero-order valence-electron chi connectivity index (χ0n) is 8.19. The van der Waals surface area contributed by atoms with E-state index < -0.39 is 17.6 Å². The zero-order chi connectivity index (χ0) is 11.3. The molecule has 15 heavy (non-hydrogen) atoms. The Bertz CT molecular complexity index is 270. The maximum atomic E-state index is 11.2. The standard InChI is InChI=1S/C9H13NO5/c1-2-4-15-8(13)10-9(7(11)12)3-5-14-6-9/h2H,1,3-6H2,(H,10,13)(H,11,12). The third kappa shape index (κ3) is 2.69. The van der Waals surface area contributed by atoms with Gasteiger partial charge in [0.1, 0.15) is 6.61 Å². The largest absolute Gasteiger partial charge is 0.479 e. The van der Waals surface area contributed by atoms with Gasteiger partial charge in [-0.25, -0.2) is 9.59 Å². The summed E-state index contributed by atoms with van der Waals surface area (Å²) in [5, 5.41) is 11.3. The summed E-state index contributed by atoms with van der Waals surface area (Å²) in [5.41, 5.74) is -1.35. The van der Waals surface area contributed by atoms with Gasteiger partial charge in [0.2, 0.25) is 0 Å². The zero-order valence-corrected chi connectivity index (χ0v) is 8.19. The van der Waals surface area contributed by atoms with Crippen molar-refractivity contribution in [2.24, 2.45) is 0 Å². The van der Waals surface area contributed by atoms with Gasteiger partial charge >= 0.3 is 12.1 Å². The molecule has 2 N–H and O–H groups in total. The molecule has 6 nitrogen and oxygen atoms in total. The summed E-state index contributed by atoms with van der Waals surface area (Å²) in [4.78, 5) is 22.1. The number of hydrogen-bond acceptors (Lipinski definition) is 4. The van der Waals surface area contributed by atoms with E-state index in [0.29, 0.717) is 6.61 Å². The van der Waals surface area contributed by atoms with Crippen LogP contribution < -0.4 is 5.32 Å². The molecule has 1 aliphatic heterocycles. The predicted octanol–water partition coefficient (Wildman–Crippen LogP) is 0.142. The molecule has 84 valence electrons. The SMILES string of the molecule is C=CCOC(=O)NC1(C(=O)O)CCOC1. The number of nitrogens with one attached hydrogen (secondary N) is 1. The molecule has 0 aromatic carbocycles. The molecule has 0 aliphatic carbocycles. The highest BCUT2D eigenvalue weighted by molar-refractivity contribution is 5.84. The van der Waals surface area contributed by atoms with Crippen LogP contribution in [-0.2, 0) is 14.3 Å². The van der Waals surface area contributed by atoms with Crippen LogP contribution in [0.25, 0.3) is 0 Å². The Morgan fingerprint density at radius 3 is 2.87 bits per heavy atom. The van der Waals surface area contributed by atoms with E-state index >= 15 is 0 Å². The lowest BCUT2D eigenvalue weighted by Crippen LogP contribution is -2.55. The van der Waals surface area contributed by atoms with E-state index in [4.69, 9.17) is 9.84 Å². The summed E-state index contributed by atoms with van der Waals surface area (Å²) in [6.45, 7) is 3.69. The van der Waals surface area contributed by atoms with E-state index in [1.165, 1.54) is 6.08 Å². The van der Waals surface area contributed by atoms with Gasteiger partial charge in [-0.1, -0.05) is 12.7 Å². The second-order valence-corrected chi connectivity index (χ2v) is 3.20. The van der Waals surface area contributed by atoms with E-state index in [9.17, 15) is 9.59 Å². The first-order valence-electron chi connectivity index (χ1n) is 4.48. The van der Waals surface area contributed by atoms with E-state index in [0.717, 1.165) is 0 Å². The Kier molecular flexibility index (Phi) is 3.68. The first-order chi connectivity index (χ1) is 7.10. The second kappa shape index (κ2) is 4.79. The molecule has 0 bridgehead atoms. The first kappa shape index (κ1) is 11.5. The molecule has 0 aromatic rings. The van der Waals surface area contributed by atoms with Gasteiger partial charge in [0, 0.05) is 13.0 Å². The number of carboxylic acids is 1. The second-order valence-electron chi connectivity index (χ2n) is 3.20. The van der Waals surface area contributed by atoms with Crippen molar-refractivity contribution in [2.45, 2.75) is 12.0 Å². The highest BCUT2D eigenvalue weighted by atomic mass is 16.6. The van der Waals surface area contributed by atoms with Crippen LogP contribution in [0.15, 0.2) is 12.7 Å². The van der Waals surface area contributed by atoms with Crippen LogP contribution in [0, 0.1) is 0 Å². The maximum Gasteiger partial charge on any atom is 0.408 e. The summed E-state index contributed by atoms with van der Waals surface area (Å²) in [6.07, 6.45) is 0.867. The molecule has 1 saturated heterocycles. The molecule has 1 rings (SSSR count). The first-order valence-corrected chi connectivity index (χ1v) is 4.48. The lowest BCUT2D eigenvalue weighted by atomic mass is 10.00. The fourth-order valence-corrected chi connectivity index (χ4v) is 1.25. The minimum absolute atomic E-state index is 0.0362. The molecule has 1 unspecified atom stereocenters. The summed E-state index contributed by atoms with van der Waals surface area (Å²) in [5.74, 6) is -1.12. The molecule has 1 fully saturated rings. The molecule has 0 aromatic heterocycles. The fraction of sp³-hybridized carbons (Fsp3) is 0.556. The fourth-order valence-electron chi connectivity index (χ4n) is 1.25. The third-order valence-electron chi connectivity index (χ3n) is 2.10. The summed E-state index contributed by atoms with van der Waals surface area (Å²) in [7, 11) is 0. The third-order valence-corrected chi connectivity index (χ3v) is 2.10. The predicted molar refractivity (Wildman–Crippen MR) is 50.5 cm³/mol. The van der Waals surface area contributed by atoms with Crippen molar-refractivity contribution in [2.75, 3.05) is 19.8 Å². The van der Waals surface area contributed by atoms with Crippen LogP contribution >= 0.6 is 0 Å². The topological polar surface area (TPSA) is 84.9 Å². The smallest absolute Gasteiger partial charge is 0.408 e. The van der Waals surface area contributed by atoms with Crippen LogP contribution in [0.3, 0.4) is 0 Å². The number of alkyl carbamates (subject to hydrolysis) is 1. The Hall–Kier alpha value is -1.56. The quantitative estimate of drug-likeness (QED) is 0.652. The molecular weight excluding hydrogens is 202 g/mol. The summed E-state index contributed by atoms with van der Waals surface area (Å²) < 4.78 is 9.60. The maximum absolute atomic E-state index is 11.2. The Morgan fingerprint density at radius 1 is 1.67 bits per heavy atom. The molecule has 1 heterocycles. The highest BCUT2D eigenvalue weighted by Crippen LogP contribution is 2.18. The van der Waals surface area contributed by atoms with Gasteiger partial charge in [-0.3, -0.25) is 0 Å². The molecule has 1 aliphatic rings. The highest BCUT2D eigenvalue weighted by Gasteiger charge is 2.44. The van der Waals surface area contributed by atoms with Crippen molar-refractivity contribution >= 4 is 12.1 Å². The van der Waals surface area contributed by atoms with Gasteiger partial charge in [0.25, 0.3) is 0 Å². The normalized spacial score (nSPS) is 24.5. The van der Waals surface area contributed by atoms with Crippen LogP contribution in [-0.4, -0.2) is 42.5 Å². The minimum atomic E-state index is -1.35. The van der Waals surface area contributed by atoms with Crippen molar-refractivity contribution in [3.63, 3.8) is 0 Å². The number of hydrogen-bond donors (Lipinski definition) is 2. The molecular formula is C9H13NO5. The van der Waals surface area contributed by atoms with Gasteiger partial charge in [-0.15, -0.1) is 0 Å². The molecule has 0 saturated carbocycles. The molecule has 1 atom stereocenters. The average molecular weight is 215 g/mol. The van der Waals surface area contributed by atoms with E-state index in [1.54, 1.807) is 0 Å². The molecule has 0 radical (unpaired) electrons. The Balaban J connectivity index is 2.55. The van der Waals surface area contributed by atoms with Gasteiger partial charge in [-0.05, 0) is 0 Å². The monoisotopic (exact) mass is 215 g/mol. The number of aliphatic carboxylic acids is 1. The van der Waals surface area contributed by atoms with Crippen molar-refractivity contribution < 1.29 is 24.2 Å². The number of ether oxygens (including phenoxy) is 2. The molecule has 1 amide bonds. The lowest BCUT2D eigenvalue weighted by Gasteiger charge is -2.22. The average Bonchev–Trinajstić information content (AvgIpc) is 2.64. The summed E-state index contributed by atoms with van der Waals surface area (Å²) in [6, 6.07) is 0. The number of carboxylic acid groups (broad SMARTS) is 1. The van der Waals surface area contributed by atoms with Gasteiger partial charge < -0.3 is 19.9 Å². The molecule has 6 heteroatoms. The van der Waals surface area contributed by atoms with Crippen LogP contribution in [0.5, 0.6) is 0 Å². The van der Waals surface area contributed by atoms with E-state index in [-0.39, 0.29) is 19.6 Å². The van der Waals surface area contributed by atoms with Crippen molar-refractivity contribution in [1.82, 2.24) is 5.32 Å². The minimum Gasteiger partial charge on any atom is -0.479 e. The number of carbonyl (C=O) groups excluding carboxylic acids is 1. The van der Waals surface area contributed by atoms with Gasteiger partial charge in [-0.2, -0.15) is 0 Å². The Morgan fingerprint density at radius 2 is 2.40 bits per heavy atom. The van der Waals surface area contributed by atoms with Gasteiger partial charge in [0.05, 0.1) is 6.61 Å². The van der Waals surface area contributed by atoms with Gasteiger partial charge in [0.15, 0.2) is 5.54 Å². The van der Waals surface area contributed by atoms with Crippen molar-refractivity contribution in [1.29, 1.82) is 0 Å². The van der Waals surface area contributed by atoms with Crippen molar-refractivity contribution in [3.8, 4) is 0 Å². The number of carbonyl (C=O) groups is 2. The van der Waals surface area contributed by atoms with Crippen molar-refractivity contribution in [3.05, 3.63) is 12.7 Å². The molecule has 0 spiro atoms.